The van der Waals surface area contributed by atoms with E-state index in [2.05, 4.69) is 0 Å². The van der Waals surface area contributed by atoms with Crippen LogP contribution in [0.15, 0.2) is 12.1 Å². The predicted octanol–water partition coefficient (Wildman–Crippen LogP) is 2.57. The number of hydrogen-bond acceptors (Lipinski definition) is 2. The van der Waals surface area contributed by atoms with Crippen LogP contribution in [0.3, 0.4) is 0 Å². The molecule has 0 radical (unpaired) electrons. The van der Waals surface area contributed by atoms with E-state index in [-0.39, 0.29) is 11.6 Å². The van der Waals surface area contributed by atoms with Gasteiger partial charge in [0.05, 0.1) is 0 Å². The van der Waals surface area contributed by atoms with Gasteiger partial charge < -0.3 is 10.8 Å². The van der Waals surface area contributed by atoms with E-state index in [9.17, 15) is 9.50 Å². The smallest absolute Gasteiger partial charge is 0.134 e. The number of phenols is 1. The van der Waals surface area contributed by atoms with Gasteiger partial charge >= 0.3 is 0 Å². The number of aromatic hydroxyl groups is 1. The summed E-state index contributed by atoms with van der Waals surface area (Å²) >= 11 is 0. The Bertz CT molecular complexity index is 383. The molecular formula is C12H16FNO. The third-order valence-electron chi connectivity index (χ3n) is 3.31. The third kappa shape index (κ3) is 1.61. The highest BCUT2D eigenvalue weighted by Gasteiger charge is 2.36. The van der Waals surface area contributed by atoms with Crippen molar-refractivity contribution in [3.05, 3.63) is 29.1 Å². The Hall–Kier alpha value is -1.09. The van der Waals surface area contributed by atoms with Crippen LogP contribution in [-0.4, -0.2) is 5.11 Å². The first-order valence-electron chi connectivity index (χ1n) is 5.32. The number of nitrogens with two attached hydrogens (primary N) is 1. The fraction of sp³-hybridized carbons (Fsp3) is 0.500. The number of benzene rings is 1. The van der Waals surface area contributed by atoms with Gasteiger partial charge in [0.2, 0.25) is 0 Å². The van der Waals surface area contributed by atoms with Gasteiger partial charge in [0.15, 0.2) is 0 Å². The summed E-state index contributed by atoms with van der Waals surface area (Å²) in [6, 6.07) is 3.10. The molecule has 0 spiro atoms. The Morgan fingerprint density at radius 2 is 1.93 bits per heavy atom. The van der Waals surface area contributed by atoms with Crippen molar-refractivity contribution in [2.24, 2.45) is 5.73 Å². The van der Waals surface area contributed by atoms with E-state index in [4.69, 9.17) is 5.73 Å². The van der Waals surface area contributed by atoms with Crippen LogP contribution in [-0.2, 0) is 5.54 Å². The van der Waals surface area contributed by atoms with Crippen molar-refractivity contribution in [3.8, 4) is 5.75 Å². The third-order valence-corrected chi connectivity index (χ3v) is 3.31. The van der Waals surface area contributed by atoms with Gasteiger partial charge in [0, 0.05) is 11.1 Å². The summed E-state index contributed by atoms with van der Waals surface area (Å²) in [5, 5.41) is 9.72. The average molecular weight is 209 g/mol. The summed E-state index contributed by atoms with van der Waals surface area (Å²) in [5.41, 5.74) is 6.33. The molecule has 0 atom stereocenters. The van der Waals surface area contributed by atoms with Crippen molar-refractivity contribution in [2.75, 3.05) is 0 Å². The first kappa shape index (κ1) is 10.4. The normalized spacial score (nSPS) is 19.4. The first-order chi connectivity index (χ1) is 7.04. The molecule has 1 fully saturated rings. The molecule has 3 heteroatoms. The number of aryl methyl sites for hydroxylation is 1. The zero-order valence-corrected chi connectivity index (χ0v) is 8.89. The van der Waals surface area contributed by atoms with Gasteiger partial charge in [-0.05, 0) is 31.4 Å². The largest absolute Gasteiger partial charge is 0.507 e. The van der Waals surface area contributed by atoms with E-state index in [0.717, 1.165) is 25.7 Å². The minimum atomic E-state index is -0.666. The van der Waals surface area contributed by atoms with Gasteiger partial charge in [0.25, 0.3) is 0 Å². The van der Waals surface area contributed by atoms with Crippen molar-refractivity contribution in [3.63, 3.8) is 0 Å². The molecule has 0 saturated heterocycles. The van der Waals surface area contributed by atoms with Crippen LogP contribution in [0.1, 0.15) is 36.8 Å². The molecule has 0 bridgehead atoms. The quantitative estimate of drug-likeness (QED) is 0.746. The van der Waals surface area contributed by atoms with E-state index in [1.807, 2.05) is 0 Å². The number of halogens is 1. The lowest BCUT2D eigenvalue weighted by Crippen LogP contribution is -2.34. The minimum Gasteiger partial charge on any atom is -0.507 e. The molecule has 15 heavy (non-hydrogen) atoms. The Kier molecular flexibility index (Phi) is 2.43. The molecule has 1 aromatic rings. The summed E-state index contributed by atoms with van der Waals surface area (Å²) in [4.78, 5) is 0. The molecule has 1 aliphatic rings. The van der Waals surface area contributed by atoms with Gasteiger partial charge in [0.1, 0.15) is 11.6 Å². The first-order valence-corrected chi connectivity index (χ1v) is 5.32. The van der Waals surface area contributed by atoms with E-state index < -0.39 is 5.54 Å². The maximum atomic E-state index is 13.9. The van der Waals surface area contributed by atoms with Crippen LogP contribution in [0.5, 0.6) is 5.75 Å². The molecule has 3 N–H and O–H groups in total. The Labute approximate surface area is 88.9 Å². The van der Waals surface area contributed by atoms with Crippen LogP contribution < -0.4 is 5.73 Å². The lowest BCUT2D eigenvalue weighted by molar-refractivity contribution is 0.387. The van der Waals surface area contributed by atoms with E-state index in [1.54, 1.807) is 13.0 Å². The van der Waals surface area contributed by atoms with Crippen molar-refractivity contribution >= 4 is 0 Å². The molecular weight excluding hydrogens is 193 g/mol. The fourth-order valence-corrected chi connectivity index (χ4v) is 2.40. The number of hydrogen-bond donors (Lipinski definition) is 2. The van der Waals surface area contributed by atoms with Crippen molar-refractivity contribution in [1.82, 2.24) is 0 Å². The average Bonchev–Trinajstić information content (AvgIpc) is 2.60. The molecule has 82 valence electrons. The van der Waals surface area contributed by atoms with Crippen molar-refractivity contribution in [2.45, 2.75) is 38.1 Å². The van der Waals surface area contributed by atoms with Gasteiger partial charge in [-0.25, -0.2) is 4.39 Å². The van der Waals surface area contributed by atoms with Crippen LogP contribution in [0, 0.1) is 12.7 Å². The summed E-state index contributed by atoms with van der Waals surface area (Å²) in [5.74, 6) is -0.359. The maximum absolute atomic E-state index is 13.9. The Morgan fingerprint density at radius 3 is 2.53 bits per heavy atom. The second-order valence-electron chi connectivity index (χ2n) is 4.45. The zero-order chi connectivity index (χ0) is 11.1. The van der Waals surface area contributed by atoms with E-state index >= 15 is 0 Å². The second-order valence-corrected chi connectivity index (χ2v) is 4.45. The van der Waals surface area contributed by atoms with Crippen molar-refractivity contribution < 1.29 is 9.50 Å². The SMILES string of the molecule is Cc1ccc(O)c(C2(N)CCCC2)c1F. The van der Waals surface area contributed by atoms with Gasteiger partial charge in [-0.2, -0.15) is 0 Å². The maximum Gasteiger partial charge on any atom is 0.134 e. The minimum absolute atomic E-state index is 0.0116. The highest BCUT2D eigenvalue weighted by molar-refractivity contribution is 5.42. The van der Waals surface area contributed by atoms with Crippen LogP contribution >= 0.6 is 0 Å². The van der Waals surface area contributed by atoms with Crippen molar-refractivity contribution in [1.29, 1.82) is 0 Å². The molecule has 0 aliphatic heterocycles. The van der Waals surface area contributed by atoms with E-state index in [0.29, 0.717) is 11.1 Å². The lowest BCUT2D eigenvalue weighted by atomic mass is 9.87. The lowest BCUT2D eigenvalue weighted by Gasteiger charge is -2.26. The fourth-order valence-electron chi connectivity index (χ4n) is 2.40. The second kappa shape index (κ2) is 3.49. The molecule has 1 aliphatic carbocycles. The summed E-state index contributed by atoms with van der Waals surface area (Å²) < 4.78 is 13.9. The van der Waals surface area contributed by atoms with E-state index in [1.165, 1.54) is 6.07 Å². The van der Waals surface area contributed by atoms with Crippen LogP contribution in [0.25, 0.3) is 0 Å². The molecule has 0 aromatic heterocycles. The zero-order valence-electron chi connectivity index (χ0n) is 8.89. The molecule has 0 heterocycles. The number of rotatable bonds is 1. The molecule has 0 unspecified atom stereocenters. The number of phenolic OH excluding ortho intramolecular Hbond substituents is 1. The van der Waals surface area contributed by atoms with Gasteiger partial charge in [-0.3, -0.25) is 0 Å². The Morgan fingerprint density at radius 1 is 1.33 bits per heavy atom. The highest BCUT2D eigenvalue weighted by atomic mass is 19.1. The molecule has 2 nitrogen and oxygen atoms in total. The van der Waals surface area contributed by atoms with Gasteiger partial charge in [-0.15, -0.1) is 0 Å². The van der Waals surface area contributed by atoms with Crippen LogP contribution in [0.2, 0.25) is 0 Å². The summed E-state index contributed by atoms with van der Waals surface area (Å²) in [6.07, 6.45) is 3.51. The molecule has 2 rings (SSSR count). The van der Waals surface area contributed by atoms with Gasteiger partial charge in [-0.1, -0.05) is 18.9 Å². The Balaban J connectivity index is 2.55. The monoisotopic (exact) mass is 209 g/mol. The standard InChI is InChI=1S/C12H16FNO/c1-8-4-5-9(15)10(11(8)13)12(14)6-2-3-7-12/h4-5,15H,2-3,6-7,14H2,1H3. The predicted molar refractivity (Wildman–Crippen MR) is 57.1 cm³/mol. The summed E-state index contributed by atoms with van der Waals surface area (Å²) in [7, 11) is 0. The topological polar surface area (TPSA) is 46.2 Å². The summed E-state index contributed by atoms with van der Waals surface area (Å²) in [6.45, 7) is 1.69. The molecule has 1 saturated carbocycles. The molecule has 0 amide bonds. The molecule has 1 aromatic carbocycles. The highest BCUT2D eigenvalue weighted by Crippen LogP contribution is 2.42. The van der Waals surface area contributed by atoms with Crippen LogP contribution in [0.4, 0.5) is 4.39 Å².